The van der Waals surface area contributed by atoms with E-state index in [2.05, 4.69) is 6.92 Å². The highest BCUT2D eigenvalue weighted by molar-refractivity contribution is 6.53. The van der Waals surface area contributed by atoms with E-state index >= 15 is 0 Å². The molecule has 1 heterocycles. The summed E-state index contributed by atoms with van der Waals surface area (Å²) in [5.74, 6) is 0.366. The van der Waals surface area contributed by atoms with E-state index in [1.165, 1.54) is 12.1 Å². The predicted molar refractivity (Wildman–Crippen MR) is 111 cm³/mol. The van der Waals surface area contributed by atoms with Crippen molar-refractivity contribution in [2.45, 2.75) is 29.7 Å². The Kier molecular flexibility index (Phi) is 3.70. The summed E-state index contributed by atoms with van der Waals surface area (Å²) in [5, 5.41) is 0. The molecular formula is C24H19Cl2FO. The van der Waals surface area contributed by atoms with Crippen molar-refractivity contribution in [2.24, 2.45) is 5.41 Å². The van der Waals surface area contributed by atoms with Gasteiger partial charge in [0.05, 0.1) is 5.41 Å². The number of hydrogen-bond donors (Lipinski definition) is 0. The van der Waals surface area contributed by atoms with Gasteiger partial charge in [-0.15, -0.1) is 0 Å². The molecule has 1 fully saturated rings. The molecule has 0 aromatic heterocycles. The first-order chi connectivity index (χ1) is 13.3. The molecule has 5 rings (SSSR count). The summed E-state index contributed by atoms with van der Waals surface area (Å²) < 4.78 is 19.0. The third-order valence-corrected chi connectivity index (χ3v) is 7.81. The highest BCUT2D eigenvalue weighted by Gasteiger charge is 2.91. The minimum absolute atomic E-state index is 0.130. The molecule has 2 aliphatic rings. The Hall–Kier alpha value is -2.03. The van der Waals surface area contributed by atoms with Crippen molar-refractivity contribution in [2.75, 3.05) is 0 Å². The average Bonchev–Trinajstić information content (AvgIpc) is 3.09. The smallest absolute Gasteiger partial charge is 0.177 e. The molecule has 1 saturated carbocycles. The highest BCUT2D eigenvalue weighted by Crippen LogP contribution is 2.85. The maximum atomic E-state index is 13.6. The molecule has 3 aromatic rings. The molecule has 0 saturated heterocycles. The van der Waals surface area contributed by atoms with Crippen LogP contribution in [0.25, 0.3) is 0 Å². The topological polar surface area (TPSA) is 9.23 Å². The van der Waals surface area contributed by atoms with E-state index in [1.807, 2.05) is 67.6 Å². The van der Waals surface area contributed by atoms with E-state index in [1.54, 1.807) is 0 Å². The lowest BCUT2D eigenvalue weighted by molar-refractivity contribution is 0.102. The number of hydrogen-bond acceptors (Lipinski definition) is 1. The molecule has 0 N–H and O–H groups in total. The van der Waals surface area contributed by atoms with E-state index in [0.29, 0.717) is 0 Å². The van der Waals surface area contributed by atoms with Gasteiger partial charge in [-0.25, -0.2) is 4.39 Å². The van der Waals surface area contributed by atoms with Crippen LogP contribution in [-0.4, -0.2) is 4.33 Å². The van der Waals surface area contributed by atoms with Gasteiger partial charge in [-0.1, -0.05) is 90.3 Å². The monoisotopic (exact) mass is 412 g/mol. The summed E-state index contributed by atoms with van der Waals surface area (Å²) in [7, 11) is 0. The molecule has 0 amide bonds. The fourth-order valence-electron chi connectivity index (χ4n) is 4.96. The standard InChI is InChI=1S/C24H19Cl2FO/c1-15-7-11-17(12-8-15)23-22(2,24(23,25)26)21(16-9-13-18(27)14-10-16)19-5-3-4-6-20(19)28-23/h3-14,21H,1-2H3/t21-,22+,23-/m1/s1. The molecule has 142 valence electrons. The molecule has 4 heteroatoms. The molecule has 0 spiro atoms. The molecule has 0 bridgehead atoms. The Morgan fingerprint density at radius 3 is 2.21 bits per heavy atom. The van der Waals surface area contributed by atoms with Crippen molar-refractivity contribution in [3.05, 3.63) is 101 Å². The second-order valence-electron chi connectivity index (χ2n) is 7.95. The number of fused-ring (bicyclic) bond motifs is 2. The van der Waals surface area contributed by atoms with Gasteiger partial charge in [0.25, 0.3) is 0 Å². The predicted octanol–water partition coefficient (Wildman–Crippen LogP) is 6.75. The quantitative estimate of drug-likeness (QED) is 0.423. The van der Waals surface area contributed by atoms with Gasteiger partial charge < -0.3 is 4.74 Å². The van der Waals surface area contributed by atoms with Crippen LogP contribution in [0, 0.1) is 18.2 Å². The first-order valence-corrected chi connectivity index (χ1v) is 10.1. The Bertz CT molecular complexity index is 1060. The minimum Gasteiger partial charge on any atom is -0.478 e. The average molecular weight is 413 g/mol. The molecule has 3 aromatic carbocycles. The Balaban J connectivity index is 1.77. The number of halogens is 3. The van der Waals surface area contributed by atoms with Crippen LogP contribution < -0.4 is 4.74 Å². The summed E-state index contributed by atoms with van der Waals surface area (Å²) in [5.41, 5.74) is 2.59. The third kappa shape index (κ3) is 2.03. The molecule has 28 heavy (non-hydrogen) atoms. The number of rotatable bonds is 2. The van der Waals surface area contributed by atoms with E-state index in [-0.39, 0.29) is 11.7 Å². The number of para-hydroxylation sites is 1. The van der Waals surface area contributed by atoms with Gasteiger partial charge in [-0.2, -0.15) is 0 Å². The summed E-state index contributed by atoms with van der Waals surface area (Å²) in [6.45, 7) is 4.11. The largest absolute Gasteiger partial charge is 0.478 e. The zero-order valence-corrected chi connectivity index (χ0v) is 17.1. The lowest BCUT2D eigenvalue weighted by atomic mass is 9.74. The number of aryl methyl sites for hydroxylation is 1. The van der Waals surface area contributed by atoms with Crippen molar-refractivity contribution >= 4 is 23.2 Å². The van der Waals surface area contributed by atoms with Crippen LogP contribution in [0.15, 0.2) is 72.8 Å². The fraction of sp³-hybridized carbons (Fsp3) is 0.250. The second-order valence-corrected chi connectivity index (χ2v) is 9.28. The molecule has 0 unspecified atom stereocenters. The van der Waals surface area contributed by atoms with Gasteiger partial charge in [0, 0.05) is 11.5 Å². The number of benzene rings is 3. The molecule has 1 aliphatic heterocycles. The van der Waals surface area contributed by atoms with Crippen LogP contribution in [0.5, 0.6) is 5.75 Å². The Labute approximate surface area is 174 Å². The highest BCUT2D eigenvalue weighted by atomic mass is 35.5. The summed E-state index contributed by atoms with van der Waals surface area (Å²) in [6, 6.07) is 22.7. The fourth-order valence-corrected chi connectivity index (χ4v) is 6.03. The van der Waals surface area contributed by atoms with Crippen LogP contribution in [0.1, 0.15) is 35.1 Å². The summed E-state index contributed by atoms with van der Waals surface area (Å²) >= 11 is 14.0. The van der Waals surface area contributed by atoms with E-state index in [9.17, 15) is 4.39 Å². The van der Waals surface area contributed by atoms with Gasteiger partial charge >= 0.3 is 0 Å². The third-order valence-electron chi connectivity index (χ3n) is 6.50. The van der Waals surface area contributed by atoms with Crippen molar-refractivity contribution in [3.8, 4) is 5.75 Å². The normalized spacial score (nSPS) is 29.4. The van der Waals surface area contributed by atoms with E-state index in [4.69, 9.17) is 27.9 Å². The SMILES string of the molecule is Cc1ccc([C@@]23Oc4ccccc4[C@@H](c4ccc(F)cc4)[C@]2(C)C3(Cl)Cl)cc1. The van der Waals surface area contributed by atoms with Gasteiger partial charge in [-0.3, -0.25) is 0 Å². The summed E-state index contributed by atoms with van der Waals surface area (Å²) in [4.78, 5) is 0. The Morgan fingerprint density at radius 1 is 0.893 bits per heavy atom. The van der Waals surface area contributed by atoms with Crippen LogP contribution in [-0.2, 0) is 5.60 Å². The van der Waals surface area contributed by atoms with Gasteiger partial charge in [-0.05, 0) is 36.2 Å². The summed E-state index contributed by atoms with van der Waals surface area (Å²) in [6.07, 6.45) is 0. The molecule has 1 nitrogen and oxygen atoms in total. The van der Waals surface area contributed by atoms with Gasteiger partial charge in [0.1, 0.15) is 11.6 Å². The molecule has 0 radical (unpaired) electrons. The Morgan fingerprint density at radius 2 is 1.54 bits per heavy atom. The van der Waals surface area contributed by atoms with E-state index < -0.39 is 15.3 Å². The second kappa shape index (κ2) is 5.75. The van der Waals surface area contributed by atoms with Crippen LogP contribution in [0.3, 0.4) is 0 Å². The first-order valence-electron chi connectivity index (χ1n) is 9.31. The number of ether oxygens (including phenoxy) is 1. The van der Waals surface area contributed by atoms with Gasteiger partial charge in [0.2, 0.25) is 0 Å². The van der Waals surface area contributed by atoms with Crippen molar-refractivity contribution in [3.63, 3.8) is 0 Å². The first kappa shape index (κ1) is 18.0. The minimum atomic E-state index is -1.15. The van der Waals surface area contributed by atoms with Gasteiger partial charge in [0.15, 0.2) is 9.93 Å². The van der Waals surface area contributed by atoms with E-state index in [0.717, 1.165) is 28.0 Å². The van der Waals surface area contributed by atoms with Crippen LogP contribution in [0.4, 0.5) is 4.39 Å². The lowest BCUT2D eigenvalue weighted by Gasteiger charge is -2.36. The van der Waals surface area contributed by atoms with Crippen molar-refractivity contribution in [1.82, 2.24) is 0 Å². The van der Waals surface area contributed by atoms with Crippen molar-refractivity contribution < 1.29 is 9.13 Å². The van der Waals surface area contributed by atoms with Crippen molar-refractivity contribution in [1.29, 1.82) is 0 Å². The zero-order chi connectivity index (χ0) is 19.7. The maximum Gasteiger partial charge on any atom is 0.177 e. The van der Waals surface area contributed by atoms with Crippen LogP contribution in [0.2, 0.25) is 0 Å². The molecule has 3 atom stereocenters. The zero-order valence-electron chi connectivity index (χ0n) is 15.5. The molecular weight excluding hydrogens is 394 g/mol. The van der Waals surface area contributed by atoms with Crippen LogP contribution >= 0.6 is 23.2 Å². The lowest BCUT2D eigenvalue weighted by Crippen LogP contribution is -2.33. The molecule has 1 aliphatic carbocycles. The maximum absolute atomic E-state index is 13.6. The number of alkyl halides is 2.